The summed E-state index contributed by atoms with van der Waals surface area (Å²) in [5.41, 5.74) is -5.02. The lowest BCUT2D eigenvalue weighted by Gasteiger charge is -2.61. The highest BCUT2D eigenvalue weighted by molar-refractivity contribution is 5.73. The second-order valence-electron chi connectivity index (χ2n) is 15.9. The van der Waals surface area contributed by atoms with Crippen molar-refractivity contribution in [3.8, 4) is 0 Å². The highest BCUT2D eigenvalue weighted by Gasteiger charge is 2.76. The van der Waals surface area contributed by atoms with Crippen LogP contribution in [-0.2, 0) is 38.1 Å². The van der Waals surface area contributed by atoms with Gasteiger partial charge in [0, 0.05) is 47.7 Å². The Morgan fingerprint density at radius 1 is 0.818 bits per heavy atom. The molecule has 244 valence electrons. The van der Waals surface area contributed by atoms with Crippen LogP contribution in [0.4, 0.5) is 0 Å². The van der Waals surface area contributed by atoms with Crippen molar-refractivity contribution in [2.45, 2.75) is 136 Å². The third kappa shape index (κ3) is 4.06. The number of fused-ring (bicyclic) bond motifs is 2. The molecule has 44 heavy (non-hydrogen) atoms. The van der Waals surface area contributed by atoms with Gasteiger partial charge in [0.2, 0.25) is 0 Å². The van der Waals surface area contributed by atoms with Gasteiger partial charge in [-0.2, -0.15) is 0 Å². The van der Waals surface area contributed by atoms with E-state index < -0.39 is 65.0 Å². The molecule has 10 heteroatoms. The van der Waals surface area contributed by atoms with E-state index in [1.165, 1.54) is 13.8 Å². The fourth-order valence-electron chi connectivity index (χ4n) is 10.9. The van der Waals surface area contributed by atoms with Crippen LogP contribution in [0, 0.1) is 33.5 Å². The summed E-state index contributed by atoms with van der Waals surface area (Å²) in [5, 5.41) is 23.7. The Balaban J connectivity index is 1.50. The lowest BCUT2D eigenvalue weighted by Crippen LogP contribution is -2.66. The normalized spacial score (nSPS) is 48.5. The summed E-state index contributed by atoms with van der Waals surface area (Å²) >= 11 is 0. The number of esters is 2. The highest BCUT2D eigenvalue weighted by Crippen LogP contribution is 2.69. The summed E-state index contributed by atoms with van der Waals surface area (Å²) < 4.78 is 31.3. The molecule has 11 atom stereocenters. The zero-order chi connectivity index (χ0) is 32.3. The lowest BCUT2D eigenvalue weighted by atomic mass is 9.46. The molecule has 2 saturated carbocycles. The number of aldehydes is 1. The minimum Gasteiger partial charge on any atom is -0.458 e. The molecule has 0 aromatic rings. The first kappa shape index (κ1) is 31.9. The van der Waals surface area contributed by atoms with Gasteiger partial charge in [-0.05, 0) is 48.7 Å². The Kier molecular flexibility index (Phi) is 7.20. The molecule has 6 aliphatic rings. The maximum Gasteiger partial charge on any atom is 0.303 e. The van der Waals surface area contributed by atoms with E-state index in [1.54, 1.807) is 12.2 Å². The number of aliphatic hydroxyl groups excluding tert-OH is 1. The number of aliphatic hydroxyl groups is 2. The Labute approximate surface area is 259 Å². The third-order valence-electron chi connectivity index (χ3n) is 12.4. The van der Waals surface area contributed by atoms with Crippen molar-refractivity contribution in [1.82, 2.24) is 0 Å². The van der Waals surface area contributed by atoms with Crippen LogP contribution >= 0.6 is 0 Å². The van der Waals surface area contributed by atoms with E-state index in [-0.39, 0.29) is 28.2 Å². The molecule has 0 radical (unpaired) electrons. The number of rotatable bonds is 4. The van der Waals surface area contributed by atoms with Crippen molar-refractivity contribution in [3.05, 3.63) is 23.3 Å². The van der Waals surface area contributed by atoms with Gasteiger partial charge in [0.1, 0.15) is 12.2 Å². The topological polar surface area (TPSA) is 138 Å². The first-order valence-electron chi connectivity index (χ1n) is 16.0. The van der Waals surface area contributed by atoms with Gasteiger partial charge in [-0.15, -0.1) is 0 Å². The summed E-state index contributed by atoms with van der Waals surface area (Å²) in [6, 6.07) is 0. The molecule has 4 fully saturated rings. The molecule has 2 aliphatic heterocycles. The molecule has 0 aromatic carbocycles. The second kappa shape index (κ2) is 9.94. The Morgan fingerprint density at radius 2 is 1.32 bits per heavy atom. The van der Waals surface area contributed by atoms with E-state index in [9.17, 15) is 24.6 Å². The Morgan fingerprint density at radius 3 is 1.84 bits per heavy atom. The first-order valence-corrected chi connectivity index (χ1v) is 16.0. The van der Waals surface area contributed by atoms with Crippen LogP contribution < -0.4 is 0 Å². The molecule has 0 unspecified atom stereocenters. The van der Waals surface area contributed by atoms with Crippen LogP contribution in [0.25, 0.3) is 0 Å². The van der Waals surface area contributed by atoms with Crippen LogP contribution in [0.3, 0.4) is 0 Å². The van der Waals surface area contributed by atoms with Crippen molar-refractivity contribution >= 4 is 18.2 Å². The smallest absolute Gasteiger partial charge is 0.303 e. The molecular formula is C34H48O10. The Hall–Kier alpha value is -2.11. The van der Waals surface area contributed by atoms with E-state index in [2.05, 4.69) is 34.6 Å². The number of hydrogen-bond donors (Lipinski definition) is 2. The number of carbonyl (C=O) groups excluding carboxylic acids is 3. The fourth-order valence-corrected chi connectivity index (χ4v) is 10.9. The minimum absolute atomic E-state index is 0.175. The molecule has 1 spiro atoms. The summed E-state index contributed by atoms with van der Waals surface area (Å²) in [6.07, 6.45) is 3.58. The van der Waals surface area contributed by atoms with Crippen molar-refractivity contribution in [1.29, 1.82) is 0 Å². The molecule has 2 heterocycles. The SMILES string of the molecule is CC(=O)O[C@@H]1C=C([C@H]2O[C@@H]3O[C@@H](O)C4=C[C@@H](OC(C)=O)[C@H]5C(C)(C)CCC[C@]5(C)[C@]43O2)[C@](O)(C=O)[C@@]2(C)CCCC(C)(C)[C@H]12. The highest BCUT2D eigenvalue weighted by atomic mass is 16.8. The van der Waals surface area contributed by atoms with Gasteiger partial charge in [-0.25, -0.2) is 0 Å². The average Bonchev–Trinajstić information content (AvgIpc) is 3.38. The predicted molar refractivity (Wildman–Crippen MR) is 156 cm³/mol. The van der Waals surface area contributed by atoms with Crippen molar-refractivity contribution in [2.75, 3.05) is 0 Å². The predicted octanol–water partition coefficient (Wildman–Crippen LogP) is 4.11. The van der Waals surface area contributed by atoms with Gasteiger partial charge >= 0.3 is 11.9 Å². The minimum atomic E-state index is -1.99. The largest absolute Gasteiger partial charge is 0.458 e. The van der Waals surface area contributed by atoms with Gasteiger partial charge in [-0.3, -0.25) is 14.4 Å². The maximum atomic E-state index is 13.1. The van der Waals surface area contributed by atoms with Crippen molar-refractivity contribution < 1.29 is 48.3 Å². The van der Waals surface area contributed by atoms with Crippen molar-refractivity contribution in [2.24, 2.45) is 33.5 Å². The summed E-state index contributed by atoms with van der Waals surface area (Å²) in [7, 11) is 0. The molecule has 0 aromatic heterocycles. The molecule has 4 aliphatic carbocycles. The summed E-state index contributed by atoms with van der Waals surface area (Å²) in [6.45, 7) is 15.2. The van der Waals surface area contributed by atoms with E-state index in [0.717, 1.165) is 25.7 Å². The zero-order valence-corrected chi connectivity index (χ0v) is 27.2. The first-order chi connectivity index (χ1) is 20.4. The van der Waals surface area contributed by atoms with Crippen LogP contribution in [0.15, 0.2) is 23.3 Å². The van der Waals surface area contributed by atoms with Crippen molar-refractivity contribution in [3.63, 3.8) is 0 Å². The molecule has 6 rings (SSSR count). The van der Waals surface area contributed by atoms with E-state index in [1.807, 2.05) is 6.92 Å². The Bertz CT molecular complexity index is 1320. The van der Waals surface area contributed by atoms with Gasteiger partial charge in [0.15, 0.2) is 36.4 Å². The van der Waals surface area contributed by atoms with E-state index in [4.69, 9.17) is 23.7 Å². The standard InChI is InChI=1S/C34H48O10/c1-18(36)40-22-15-20-26(38)42-28-34(20,32(8)14-10-12-30(5,6)25(22)32)44-27(43-28)21-16-23(41-19(2)37)24-29(3,4)11-9-13-31(24,7)33(21,39)17-35/h15-17,22-28,38-39H,9-14H2,1-8H3/t22-,23-,24+,25+,26-,27+,28+,31+,32+,33-,34+/m1/s1. The van der Waals surface area contributed by atoms with Crippen LogP contribution in [0.1, 0.15) is 93.9 Å². The molecule has 2 N–H and O–H groups in total. The number of hydrogen-bond acceptors (Lipinski definition) is 10. The van der Waals surface area contributed by atoms with Crippen LogP contribution in [-0.4, -0.2) is 70.7 Å². The van der Waals surface area contributed by atoms with Gasteiger partial charge in [-0.1, -0.05) is 54.4 Å². The van der Waals surface area contributed by atoms with Crippen LogP contribution in [0.2, 0.25) is 0 Å². The van der Waals surface area contributed by atoms with E-state index in [0.29, 0.717) is 24.7 Å². The van der Waals surface area contributed by atoms with Gasteiger partial charge in [0.25, 0.3) is 0 Å². The fraction of sp³-hybridized carbons (Fsp3) is 0.794. The molecule has 2 saturated heterocycles. The third-order valence-corrected chi connectivity index (χ3v) is 12.4. The summed E-state index contributed by atoms with van der Waals surface area (Å²) in [4.78, 5) is 37.7. The average molecular weight is 617 g/mol. The van der Waals surface area contributed by atoms with Gasteiger partial charge in [0.05, 0.1) is 0 Å². The maximum absolute atomic E-state index is 13.1. The molecule has 10 nitrogen and oxygen atoms in total. The zero-order valence-electron chi connectivity index (χ0n) is 27.2. The lowest BCUT2D eigenvalue weighted by molar-refractivity contribution is -0.211. The van der Waals surface area contributed by atoms with E-state index >= 15 is 0 Å². The molecular weight excluding hydrogens is 568 g/mol. The quantitative estimate of drug-likeness (QED) is 0.270. The second-order valence-corrected chi connectivity index (χ2v) is 15.9. The monoisotopic (exact) mass is 616 g/mol. The molecule has 0 amide bonds. The van der Waals surface area contributed by atoms with Crippen LogP contribution in [0.5, 0.6) is 0 Å². The van der Waals surface area contributed by atoms with Gasteiger partial charge < -0.3 is 33.9 Å². The number of ether oxygens (including phenoxy) is 5. The number of carbonyl (C=O) groups is 3. The summed E-state index contributed by atoms with van der Waals surface area (Å²) in [5.74, 6) is -1.44. The molecule has 0 bridgehead atoms.